The molecule has 4 nitrogen and oxygen atoms in total. The summed E-state index contributed by atoms with van der Waals surface area (Å²) in [6, 6.07) is 5.79. The highest BCUT2D eigenvalue weighted by Crippen LogP contribution is 2.31. The number of fused-ring (bicyclic) bond motifs is 1. The van der Waals surface area contributed by atoms with Crippen LogP contribution in [0.25, 0.3) is 0 Å². The van der Waals surface area contributed by atoms with E-state index in [4.69, 9.17) is 20.7 Å². The van der Waals surface area contributed by atoms with Gasteiger partial charge in [-0.2, -0.15) is 0 Å². The number of ether oxygens (including phenoxy) is 1. The summed E-state index contributed by atoms with van der Waals surface area (Å²) in [4.78, 5) is 0. The van der Waals surface area contributed by atoms with Gasteiger partial charge in [0.2, 0.25) is 0 Å². The van der Waals surface area contributed by atoms with Crippen LogP contribution in [0, 0.1) is 0 Å². The summed E-state index contributed by atoms with van der Waals surface area (Å²) in [5, 5.41) is 17.3. The van der Waals surface area contributed by atoms with Crippen molar-refractivity contribution < 1.29 is 14.9 Å². The Kier molecular flexibility index (Phi) is 2.90. The standard InChI is InChI=1S/C11H15NO3/c12-10-4-2-7-1-3-8(5-9(7)10)15-6-11(13)14/h1,3,5,10-11,13-14H,2,4,6,12H2/t10-/m1/s1. The number of aryl methyl sites for hydroxylation is 1. The molecule has 4 heteroatoms. The van der Waals surface area contributed by atoms with Crippen molar-refractivity contribution in [2.45, 2.75) is 25.2 Å². The Labute approximate surface area is 88.3 Å². The smallest absolute Gasteiger partial charge is 0.186 e. The molecule has 1 atom stereocenters. The van der Waals surface area contributed by atoms with E-state index in [2.05, 4.69) is 0 Å². The minimum atomic E-state index is -1.44. The molecule has 0 heterocycles. The Bertz CT molecular complexity index is 352. The minimum Gasteiger partial charge on any atom is -0.488 e. The van der Waals surface area contributed by atoms with E-state index in [0.29, 0.717) is 5.75 Å². The number of aliphatic hydroxyl groups is 2. The first-order valence-electron chi connectivity index (χ1n) is 5.04. The zero-order chi connectivity index (χ0) is 10.8. The minimum absolute atomic E-state index is 0.0857. The van der Waals surface area contributed by atoms with Crippen molar-refractivity contribution >= 4 is 0 Å². The average Bonchev–Trinajstić information content (AvgIpc) is 2.57. The van der Waals surface area contributed by atoms with Crippen LogP contribution in [-0.2, 0) is 6.42 Å². The van der Waals surface area contributed by atoms with Crippen LogP contribution in [0.2, 0.25) is 0 Å². The van der Waals surface area contributed by atoms with Crippen LogP contribution in [-0.4, -0.2) is 23.1 Å². The van der Waals surface area contributed by atoms with Gasteiger partial charge in [0.25, 0.3) is 0 Å². The summed E-state index contributed by atoms with van der Waals surface area (Å²) in [7, 11) is 0. The third-order valence-electron chi connectivity index (χ3n) is 2.64. The Morgan fingerprint density at radius 1 is 1.47 bits per heavy atom. The predicted octanol–water partition coefficient (Wildman–Crippen LogP) is 0.322. The third kappa shape index (κ3) is 2.28. The summed E-state index contributed by atoms with van der Waals surface area (Å²) in [5.41, 5.74) is 8.29. The average molecular weight is 209 g/mol. The first-order chi connectivity index (χ1) is 7.16. The zero-order valence-corrected chi connectivity index (χ0v) is 8.39. The van der Waals surface area contributed by atoms with E-state index < -0.39 is 6.29 Å². The fourth-order valence-corrected chi connectivity index (χ4v) is 1.87. The highest BCUT2D eigenvalue weighted by Gasteiger charge is 2.19. The number of nitrogens with two attached hydrogens (primary N) is 1. The fourth-order valence-electron chi connectivity index (χ4n) is 1.87. The van der Waals surface area contributed by atoms with Crippen LogP contribution < -0.4 is 10.5 Å². The van der Waals surface area contributed by atoms with Crippen LogP contribution in [0.3, 0.4) is 0 Å². The molecule has 82 valence electrons. The molecular formula is C11H15NO3. The van der Waals surface area contributed by atoms with Gasteiger partial charge < -0.3 is 20.7 Å². The van der Waals surface area contributed by atoms with Gasteiger partial charge in [-0.05, 0) is 36.1 Å². The van der Waals surface area contributed by atoms with Gasteiger partial charge in [-0.1, -0.05) is 6.07 Å². The Morgan fingerprint density at radius 3 is 3.00 bits per heavy atom. The molecule has 1 aliphatic carbocycles. The lowest BCUT2D eigenvalue weighted by Crippen LogP contribution is -2.16. The molecule has 0 aliphatic heterocycles. The second-order valence-corrected chi connectivity index (χ2v) is 3.80. The topological polar surface area (TPSA) is 75.7 Å². The number of aliphatic hydroxyl groups excluding tert-OH is 1. The molecule has 0 radical (unpaired) electrons. The van der Waals surface area contributed by atoms with Gasteiger partial charge in [0.1, 0.15) is 12.4 Å². The van der Waals surface area contributed by atoms with Crippen LogP contribution in [0.4, 0.5) is 0 Å². The van der Waals surface area contributed by atoms with Gasteiger partial charge in [-0.15, -0.1) is 0 Å². The summed E-state index contributed by atoms with van der Waals surface area (Å²) in [6.45, 7) is -0.117. The number of rotatable bonds is 3. The number of benzene rings is 1. The maximum atomic E-state index is 8.66. The van der Waals surface area contributed by atoms with Crippen LogP contribution in [0.5, 0.6) is 5.75 Å². The predicted molar refractivity (Wildman–Crippen MR) is 55.4 cm³/mol. The molecular weight excluding hydrogens is 194 g/mol. The van der Waals surface area contributed by atoms with Crippen molar-refractivity contribution in [3.63, 3.8) is 0 Å². The van der Waals surface area contributed by atoms with Crippen LogP contribution >= 0.6 is 0 Å². The summed E-state index contributed by atoms with van der Waals surface area (Å²) >= 11 is 0. The van der Waals surface area contributed by atoms with E-state index in [1.807, 2.05) is 18.2 Å². The second kappa shape index (κ2) is 4.18. The molecule has 1 aromatic rings. The van der Waals surface area contributed by atoms with Crippen molar-refractivity contribution in [2.24, 2.45) is 5.73 Å². The molecule has 2 rings (SSSR count). The number of hydrogen-bond acceptors (Lipinski definition) is 4. The fraction of sp³-hybridized carbons (Fsp3) is 0.455. The van der Waals surface area contributed by atoms with Gasteiger partial charge in [0, 0.05) is 6.04 Å². The molecule has 1 aliphatic rings. The number of hydrogen-bond donors (Lipinski definition) is 3. The van der Waals surface area contributed by atoms with E-state index in [1.165, 1.54) is 5.56 Å². The first kappa shape index (κ1) is 10.4. The van der Waals surface area contributed by atoms with Crippen molar-refractivity contribution in [3.8, 4) is 5.75 Å². The van der Waals surface area contributed by atoms with E-state index in [-0.39, 0.29) is 12.6 Å². The Morgan fingerprint density at radius 2 is 2.27 bits per heavy atom. The molecule has 0 spiro atoms. The summed E-state index contributed by atoms with van der Waals surface area (Å²) in [5.74, 6) is 0.638. The van der Waals surface area contributed by atoms with E-state index in [1.54, 1.807) is 0 Å². The van der Waals surface area contributed by atoms with Crippen LogP contribution in [0.15, 0.2) is 18.2 Å². The van der Waals surface area contributed by atoms with E-state index >= 15 is 0 Å². The molecule has 0 unspecified atom stereocenters. The first-order valence-corrected chi connectivity index (χ1v) is 5.04. The Hall–Kier alpha value is -1.10. The Balaban J connectivity index is 2.11. The third-order valence-corrected chi connectivity index (χ3v) is 2.64. The maximum absolute atomic E-state index is 8.66. The highest BCUT2D eigenvalue weighted by atomic mass is 16.5. The van der Waals surface area contributed by atoms with Gasteiger partial charge in [-0.3, -0.25) is 0 Å². The molecule has 1 aromatic carbocycles. The molecule has 0 saturated heterocycles. The van der Waals surface area contributed by atoms with Gasteiger partial charge in [-0.25, -0.2) is 0 Å². The summed E-state index contributed by atoms with van der Waals surface area (Å²) < 4.78 is 5.19. The van der Waals surface area contributed by atoms with Crippen molar-refractivity contribution in [3.05, 3.63) is 29.3 Å². The maximum Gasteiger partial charge on any atom is 0.186 e. The zero-order valence-electron chi connectivity index (χ0n) is 8.39. The van der Waals surface area contributed by atoms with Gasteiger partial charge >= 0.3 is 0 Å². The summed E-state index contributed by atoms with van der Waals surface area (Å²) in [6.07, 6.45) is 0.549. The molecule has 0 fully saturated rings. The molecule has 4 N–H and O–H groups in total. The largest absolute Gasteiger partial charge is 0.488 e. The molecule has 15 heavy (non-hydrogen) atoms. The monoisotopic (exact) mass is 209 g/mol. The lowest BCUT2D eigenvalue weighted by atomic mass is 10.1. The SMILES string of the molecule is N[C@@H]1CCc2ccc(OCC(O)O)cc21. The highest BCUT2D eigenvalue weighted by molar-refractivity contribution is 5.40. The molecule has 0 bridgehead atoms. The molecule has 0 aromatic heterocycles. The van der Waals surface area contributed by atoms with Crippen molar-refractivity contribution in [1.29, 1.82) is 0 Å². The normalized spacial score (nSPS) is 19.3. The van der Waals surface area contributed by atoms with Crippen LogP contribution in [0.1, 0.15) is 23.6 Å². The second-order valence-electron chi connectivity index (χ2n) is 3.80. The van der Waals surface area contributed by atoms with E-state index in [9.17, 15) is 0 Å². The lowest BCUT2D eigenvalue weighted by Gasteiger charge is -2.10. The quantitative estimate of drug-likeness (QED) is 0.627. The van der Waals surface area contributed by atoms with Crippen molar-refractivity contribution in [2.75, 3.05) is 6.61 Å². The van der Waals surface area contributed by atoms with Crippen molar-refractivity contribution in [1.82, 2.24) is 0 Å². The van der Waals surface area contributed by atoms with E-state index in [0.717, 1.165) is 18.4 Å². The molecule has 0 amide bonds. The van der Waals surface area contributed by atoms with Gasteiger partial charge in [0.05, 0.1) is 0 Å². The lowest BCUT2D eigenvalue weighted by molar-refractivity contribution is -0.0680. The molecule has 0 saturated carbocycles. The van der Waals surface area contributed by atoms with Gasteiger partial charge in [0.15, 0.2) is 6.29 Å².